The Bertz CT molecular complexity index is 793. The van der Waals surface area contributed by atoms with Gasteiger partial charge in [-0.05, 0) is 24.2 Å². The number of hydrogen-bond donors (Lipinski definition) is 6. The topological polar surface area (TPSA) is 179 Å². The molecule has 4 atom stereocenters. The number of nitrogens with zero attached hydrogens (tertiary/aromatic N) is 1. The summed E-state index contributed by atoms with van der Waals surface area (Å²) in [5, 5.41) is 17.2. The van der Waals surface area contributed by atoms with Crippen molar-refractivity contribution >= 4 is 23.7 Å². The number of nitrogens with one attached hydrogen (secondary N) is 4. The second-order valence-electron chi connectivity index (χ2n) is 9.38. The average Bonchev–Trinajstić information content (AvgIpc) is 3.21. The van der Waals surface area contributed by atoms with Crippen molar-refractivity contribution in [1.29, 1.82) is 0 Å². The van der Waals surface area contributed by atoms with Crippen LogP contribution in [0.25, 0.3) is 0 Å². The number of nitrogens with two attached hydrogens (primary N) is 1. The zero-order valence-corrected chi connectivity index (χ0v) is 20.2. The van der Waals surface area contributed by atoms with E-state index in [0.29, 0.717) is 12.1 Å². The van der Waals surface area contributed by atoms with Crippen molar-refractivity contribution in [2.45, 2.75) is 78.6 Å². The Labute approximate surface area is 194 Å². The number of hydrogen-bond acceptors (Lipinski definition) is 6. The summed E-state index contributed by atoms with van der Waals surface area (Å²) < 4.78 is 0. The molecule has 0 fully saturated rings. The molecule has 7 N–H and O–H groups in total. The smallest absolute Gasteiger partial charge is 0.326 e. The zero-order chi connectivity index (χ0) is 25.3. The second kappa shape index (κ2) is 12.9. The van der Waals surface area contributed by atoms with Gasteiger partial charge < -0.3 is 31.8 Å². The number of carboxylic acids is 1. The number of rotatable bonds is 13. The van der Waals surface area contributed by atoms with Crippen LogP contribution in [0.5, 0.6) is 0 Å². The lowest BCUT2D eigenvalue weighted by atomic mass is 9.99. The van der Waals surface area contributed by atoms with Gasteiger partial charge in [-0.2, -0.15) is 0 Å². The summed E-state index contributed by atoms with van der Waals surface area (Å²) in [5.41, 5.74) is 6.58. The van der Waals surface area contributed by atoms with Crippen LogP contribution in [0.3, 0.4) is 0 Å². The summed E-state index contributed by atoms with van der Waals surface area (Å²) in [6.45, 7) is 10.7. The molecule has 0 bridgehead atoms. The fourth-order valence-corrected chi connectivity index (χ4v) is 3.26. The Morgan fingerprint density at radius 1 is 0.939 bits per heavy atom. The third-order valence-corrected chi connectivity index (χ3v) is 5.15. The van der Waals surface area contributed by atoms with Crippen LogP contribution in [0.1, 0.15) is 53.7 Å². The van der Waals surface area contributed by atoms with Crippen LogP contribution in [0.2, 0.25) is 0 Å². The molecule has 0 aliphatic heterocycles. The highest BCUT2D eigenvalue weighted by Gasteiger charge is 2.33. The Kier molecular flexibility index (Phi) is 11.0. The molecular weight excluding hydrogens is 428 g/mol. The van der Waals surface area contributed by atoms with E-state index in [0.717, 1.165) is 0 Å². The minimum Gasteiger partial charge on any atom is -0.480 e. The molecule has 0 saturated heterocycles. The summed E-state index contributed by atoms with van der Waals surface area (Å²) in [4.78, 5) is 56.8. The first-order valence-corrected chi connectivity index (χ1v) is 11.2. The molecule has 0 aliphatic carbocycles. The molecule has 3 amide bonds. The Balaban J connectivity index is 3.02. The zero-order valence-electron chi connectivity index (χ0n) is 20.2. The average molecular weight is 467 g/mol. The van der Waals surface area contributed by atoms with Crippen molar-refractivity contribution in [2.24, 2.45) is 23.5 Å². The third kappa shape index (κ3) is 9.21. The van der Waals surface area contributed by atoms with Gasteiger partial charge in [0.05, 0.1) is 12.4 Å². The van der Waals surface area contributed by atoms with Gasteiger partial charge in [0, 0.05) is 18.3 Å². The Morgan fingerprint density at radius 2 is 1.52 bits per heavy atom. The number of aliphatic carboxylic acids is 1. The van der Waals surface area contributed by atoms with Crippen molar-refractivity contribution in [3.8, 4) is 0 Å². The molecular formula is C22H38N6O5. The predicted octanol–water partition coefficient (Wildman–Crippen LogP) is 0.177. The molecule has 0 saturated carbocycles. The Morgan fingerprint density at radius 3 is 1.97 bits per heavy atom. The molecule has 1 aromatic rings. The molecule has 11 nitrogen and oxygen atoms in total. The highest BCUT2D eigenvalue weighted by Crippen LogP contribution is 2.09. The maximum atomic E-state index is 13.1. The number of amides is 3. The highest BCUT2D eigenvalue weighted by atomic mass is 16.4. The van der Waals surface area contributed by atoms with Crippen molar-refractivity contribution in [1.82, 2.24) is 25.9 Å². The number of aromatic amines is 1. The molecule has 11 heteroatoms. The number of carbonyl (C=O) groups excluding carboxylic acids is 3. The lowest BCUT2D eigenvalue weighted by Gasteiger charge is -2.28. The fourth-order valence-electron chi connectivity index (χ4n) is 3.26. The molecule has 4 unspecified atom stereocenters. The third-order valence-electron chi connectivity index (χ3n) is 5.15. The molecule has 0 spiro atoms. The van der Waals surface area contributed by atoms with Gasteiger partial charge in [-0.3, -0.25) is 14.4 Å². The van der Waals surface area contributed by atoms with Crippen molar-refractivity contribution in [3.63, 3.8) is 0 Å². The number of aromatic nitrogens is 2. The molecule has 1 aromatic heterocycles. The Hall–Kier alpha value is -2.95. The second-order valence-corrected chi connectivity index (χ2v) is 9.38. The van der Waals surface area contributed by atoms with E-state index < -0.39 is 47.9 Å². The lowest BCUT2D eigenvalue weighted by molar-refractivity contribution is -0.143. The van der Waals surface area contributed by atoms with E-state index in [4.69, 9.17) is 5.73 Å². The molecule has 1 rings (SSSR count). The van der Waals surface area contributed by atoms with Crippen molar-refractivity contribution in [2.75, 3.05) is 0 Å². The van der Waals surface area contributed by atoms with Gasteiger partial charge in [-0.15, -0.1) is 0 Å². The minimum atomic E-state index is -1.16. The molecule has 33 heavy (non-hydrogen) atoms. The van der Waals surface area contributed by atoms with Crippen LogP contribution in [0.15, 0.2) is 12.5 Å². The van der Waals surface area contributed by atoms with Crippen LogP contribution in [0, 0.1) is 17.8 Å². The summed E-state index contributed by atoms with van der Waals surface area (Å²) >= 11 is 0. The first-order chi connectivity index (χ1) is 15.3. The van der Waals surface area contributed by atoms with E-state index in [9.17, 15) is 24.3 Å². The monoisotopic (exact) mass is 466 g/mol. The van der Waals surface area contributed by atoms with Crippen LogP contribution in [0.4, 0.5) is 0 Å². The number of carboxylic acid groups (broad SMARTS) is 1. The maximum absolute atomic E-state index is 13.1. The largest absolute Gasteiger partial charge is 0.480 e. The molecule has 1 heterocycles. The lowest BCUT2D eigenvalue weighted by Crippen LogP contribution is -2.59. The van der Waals surface area contributed by atoms with E-state index >= 15 is 0 Å². The van der Waals surface area contributed by atoms with Gasteiger partial charge in [0.15, 0.2) is 0 Å². The summed E-state index contributed by atoms with van der Waals surface area (Å²) in [6, 6.07) is -3.88. The van der Waals surface area contributed by atoms with Gasteiger partial charge in [0.25, 0.3) is 0 Å². The van der Waals surface area contributed by atoms with Gasteiger partial charge in [-0.25, -0.2) is 9.78 Å². The van der Waals surface area contributed by atoms with Gasteiger partial charge in [0.1, 0.15) is 18.1 Å². The molecule has 186 valence electrons. The highest BCUT2D eigenvalue weighted by molar-refractivity contribution is 5.94. The van der Waals surface area contributed by atoms with Crippen LogP contribution >= 0.6 is 0 Å². The molecule has 0 aromatic carbocycles. The summed E-state index contributed by atoms with van der Waals surface area (Å²) in [6.07, 6.45) is 3.56. The number of carbonyl (C=O) groups is 4. The van der Waals surface area contributed by atoms with Crippen LogP contribution in [-0.2, 0) is 25.6 Å². The van der Waals surface area contributed by atoms with E-state index in [2.05, 4.69) is 25.9 Å². The number of H-pyrrole nitrogens is 1. The summed E-state index contributed by atoms with van der Waals surface area (Å²) in [7, 11) is 0. The summed E-state index contributed by atoms with van der Waals surface area (Å²) in [5.74, 6) is -3.30. The van der Waals surface area contributed by atoms with Gasteiger partial charge in [-0.1, -0.05) is 41.5 Å². The molecule has 0 radical (unpaired) electrons. The first-order valence-electron chi connectivity index (χ1n) is 11.2. The van der Waals surface area contributed by atoms with Crippen molar-refractivity contribution in [3.05, 3.63) is 18.2 Å². The maximum Gasteiger partial charge on any atom is 0.326 e. The van der Waals surface area contributed by atoms with Crippen molar-refractivity contribution < 1.29 is 24.3 Å². The number of imidazole rings is 1. The standard InChI is InChI=1S/C22H38N6O5/c1-11(2)7-15(23)19(29)26-16(8-14-9-24-10-25-14)20(30)27-17(12(3)4)21(31)28-18(13(5)6)22(32)33/h9-13,15-18H,7-8,23H2,1-6H3,(H,24,25)(H,26,29)(H,27,30)(H,28,31)(H,32,33). The fraction of sp³-hybridized carbons (Fsp3) is 0.682. The van der Waals surface area contributed by atoms with Crippen LogP contribution in [-0.4, -0.2) is 62.9 Å². The first kappa shape index (κ1) is 28.1. The van der Waals surface area contributed by atoms with E-state index in [-0.39, 0.29) is 24.2 Å². The van der Waals surface area contributed by atoms with Gasteiger partial charge >= 0.3 is 5.97 Å². The minimum absolute atomic E-state index is 0.113. The van der Waals surface area contributed by atoms with E-state index in [1.807, 2.05) is 13.8 Å². The SMILES string of the molecule is CC(C)CC(N)C(=O)NC(Cc1cnc[nH]1)C(=O)NC(C(=O)NC(C(=O)O)C(C)C)C(C)C. The van der Waals surface area contributed by atoms with E-state index in [1.54, 1.807) is 27.7 Å². The molecule has 0 aliphatic rings. The quantitative estimate of drug-likeness (QED) is 0.240. The normalized spacial score (nSPS) is 15.1. The van der Waals surface area contributed by atoms with E-state index in [1.165, 1.54) is 12.5 Å². The van der Waals surface area contributed by atoms with Crippen LogP contribution < -0.4 is 21.7 Å². The predicted molar refractivity (Wildman–Crippen MR) is 123 cm³/mol. The van der Waals surface area contributed by atoms with Gasteiger partial charge in [0.2, 0.25) is 17.7 Å².